The summed E-state index contributed by atoms with van der Waals surface area (Å²) in [5, 5.41) is 8.60. The Morgan fingerprint density at radius 1 is 1.12 bits per heavy atom. The van der Waals surface area contributed by atoms with Crippen LogP contribution in [-0.4, -0.2) is 42.8 Å². The van der Waals surface area contributed by atoms with Crippen molar-refractivity contribution in [1.29, 1.82) is 0 Å². The monoisotopic (exact) mass is 455 g/mol. The molecular weight excluding hydrogens is 426 g/mol. The lowest BCUT2D eigenvalue weighted by Gasteiger charge is -2.15. The predicted octanol–water partition coefficient (Wildman–Crippen LogP) is 3.76. The van der Waals surface area contributed by atoms with Crippen LogP contribution < -0.4 is 20.7 Å². The lowest BCUT2D eigenvalue weighted by Crippen LogP contribution is -2.35. The highest BCUT2D eigenvalue weighted by Gasteiger charge is 2.18. The molecule has 3 rings (SSSR count). The maximum Gasteiger partial charge on any atom is 0.257 e. The molecule has 1 saturated heterocycles. The Morgan fingerprint density at radius 3 is 2.56 bits per heavy atom. The summed E-state index contributed by atoms with van der Waals surface area (Å²) in [5.74, 6) is 0.550. The minimum Gasteiger partial charge on any atom is -0.493 e. The number of carbonyl (C=O) groups excluding carboxylic acids is 2. The first kappa shape index (κ1) is 23.7. The van der Waals surface area contributed by atoms with Crippen LogP contribution in [0.2, 0.25) is 0 Å². The molecule has 2 aromatic carbocycles. The number of benzene rings is 2. The topological polar surface area (TPSA) is 88.7 Å². The van der Waals surface area contributed by atoms with Crippen LogP contribution in [0.15, 0.2) is 48.5 Å². The molecule has 1 heterocycles. The number of amides is 2. The van der Waals surface area contributed by atoms with Gasteiger partial charge in [0, 0.05) is 18.7 Å². The molecule has 1 unspecified atom stereocenters. The van der Waals surface area contributed by atoms with E-state index in [9.17, 15) is 9.59 Å². The molecule has 32 heavy (non-hydrogen) atoms. The average Bonchev–Trinajstić information content (AvgIpc) is 3.30. The van der Waals surface area contributed by atoms with Crippen LogP contribution in [0.25, 0.3) is 0 Å². The van der Waals surface area contributed by atoms with Crippen LogP contribution in [0, 0.1) is 5.92 Å². The molecule has 7 nitrogen and oxygen atoms in total. The Balaban J connectivity index is 1.55. The number of anilines is 1. The van der Waals surface area contributed by atoms with E-state index in [0.29, 0.717) is 41.6 Å². The highest BCUT2D eigenvalue weighted by molar-refractivity contribution is 7.80. The third kappa shape index (κ3) is 7.03. The number of para-hydroxylation sites is 1. The third-order valence-corrected chi connectivity index (χ3v) is 5.07. The number of thiocarbonyl (C=S) groups is 1. The Kier molecular flexibility index (Phi) is 8.58. The van der Waals surface area contributed by atoms with E-state index < -0.39 is 0 Å². The van der Waals surface area contributed by atoms with Gasteiger partial charge in [-0.3, -0.25) is 14.9 Å². The normalized spacial score (nSPS) is 15.3. The van der Waals surface area contributed by atoms with Crippen LogP contribution in [-0.2, 0) is 4.74 Å². The first-order valence-corrected chi connectivity index (χ1v) is 11.2. The van der Waals surface area contributed by atoms with Crippen LogP contribution in [0.4, 0.5) is 5.69 Å². The molecule has 0 bridgehead atoms. The maximum atomic E-state index is 12.6. The predicted molar refractivity (Wildman–Crippen MR) is 128 cm³/mol. The molecule has 3 N–H and O–H groups in total. The van der Waals surface area contributed by atoms with Crippen molar-refractivity contribution in [2.24, 2.45) is 5.92 Å². The van der Waals surface area contributed by atoms with E-state index in [0.717, 1.165) is 19.4 Å². The van der Waals surface area contributed by atoms with E-state index >= 15 is 0 Å². The third-order valence-electron chi connectivity index (χ3n) is 4.86. The fraction of sp³-hybridized carbons (Fsp3) is 0.375. The summed E-state index contributed by atoms with van der Waals surface area (Å²) in [6.07, 6.45) is 2.02. The van der Waals surface area contributed by atoms with Gasteiger partial charge >= 0.3 is 0 Å². The van der Waals surface area contributed by atoms with Gasteiger partial charge in [0.25, 0.3) is 11.8 Å². The fourth-order valence-corrected chi connectivity index (χ4v) is 3.39. The fourth-order valence-electron chi connectivity index (χ4n) is 3.19. The van der Waals surface area contributed by atoms with Crippen molar-refractivity contribution >= 4 is 34.8 Å². The van der Waals surface area contributed by atoms with Gasteiger partial charge in [0.05, 0.1) is 24.0 Å². The van der Waals surface area contributed by atoms with E-state index in [-0.39, 0.29) is 23.0 Å². The highest BCUT2D eigenvalue weighted by atomic mass is 32.1. The SMILES string of the molecule is CC(C)COc1ccc(C(=O)NC(=S)Nc2ccccc2C(=O)NCC2CCCO2)cc1. The van der Waals surface area contributed by atoms with Crippen molar-refractivity contribution < 1.29 is 19.1 Å². The van der Waals surface area contributed by atoms with Gasteiger partial charge in [0.15, 0.2) is 5.11 Å². The van der Waals surface area contributed by atoms with Crippen LogP contribution in [0.5, 0.6) is 5.75 Å². The van der Waals surface area contributed by atoms with Gasteiger partial charge in [-0.1, -0.05) is 26.0 Å². The number of ether oxygens (including phenoxy) is 2. The Morgan fingerprint density at radius 2 is 1.88 bits per heavy atom. The van der Waals surface area contributed by atoms with Crippen molar-refractivity contribution in [2.45, 2.75) is 32.8 Å². The number of hydrogen-bond acceptors (Lipinski definition) is 5. The summed E-state index contributed by atoms with van der Waals surface area (Å²) in [4.78, 5) is 25.1. The maximum absolute atomic E-state index is 12.6. The standard InChI is InChI=1S/C24H29N3O4S/c1-16(2)15-31-18-11-9-17(10-12-18)22(28)27-24(32)26-21-8-4-3-7-20(21)23(29)25-14-19-6-5-13-30-19/h3-4,7-12,16,19H,5-6,13-15H2,1-2H3,(H,25,29)(H2,26,27,28,32). The van der Waals surface area contributed by atoms with Crippen molar-refractivity contribution in [3.8, 4) is 5.75 Å². The zero-order chi connectivity index (χ0) is 22.9. The Bertz CT molecular complexity index is 941. The molecule has 8 heteroatoms. The summed E-state index contributed by atoms with van der Waals surface area (Å²) in [7, 11) is 0. The van der Waals surface area contributed by atoms with Gasteiger partial charge in [-0.05, 0) is 67.4 Å². The van der Waals surface area contributed by atoms with Crippen LogP contribution in [0.3, 0.4) is 0 Å². The smallest absolute Gasteiger partial charge is 0.257 e. The van der Waals surface area contributed by atoms with Crippen molar-refractivity contribution in [1.82, 2.24) is 10.6 Å². The first-order chi connectivity index (χ1) is 15.4. The molecule has 1 aliphatic heterocycles. The van der Waals surface area contributed by atoms with Crippen LogP contribution >= 0.6 is 12.2 Å². The average molecular weight is 456 g/mol. The first-order valence-electron chi connectivity index (χ1n) is 10.8. The molecule has 0 radical (unpaired) electrons. The molecule has 2 amide bonds. The Hall–Kier alpha value is -2.97. The van der Waals surface area contributed by atoms with Gasteiger partial charge in [-0.25, -0.2) is 0 Å². The van der Waals surface area contributed by atoms with E-state index in [1.165, 1.54) is 0 Å². The molecule has 2 aromatic rings. The van der Waals surface area contributed by atoms with E-state index in [4.69, 9.17) is 21.7 Å². The van der Waals surface area contributed by atoms with Crippen molar-refractivity contribution in [3.63, 3.8) is 0 Å². The highest BCUT2D eigenvalue weighted by Crippen LogP contribution is 2.17. The second-order valence-electron chi connectivity index (χ2n) is 8.03. The number of nitrogens with one attached hydrogen (secondary N) is 3. The number of hydrogen-bond donors (Lipinski definition) is 3. The van der Waals surface area contributed by atoms with Gasteiger partial charge in [0.2, 0.25) is 0 Å². The second kappa shape index (κ2) is 11.6. The molecule has 1 atom stereocenters. The molecule has 1 aliphatic rings. The molecular formula is C24H29N3O4S. The minimum atomic E-state index is -0.349. The van der Waals surface area contributed by atoms with Gasteiger partial charge in [-0.15, -0.1) is 0 Å². The van der Waals surface area contributed by atoms with E-state index in [1.807, 2.05) is 0 Å². The lowest BCUT2D eigenvalue weighted by atomic mass is 10.1. The largest absolute Gasteiger partial charge is 0.493 e. The molecule has 0 aromatic heterocycles. The number of rotatable bonds is 8. The lowest BCUT2D eigenvalue weighted by molar-refractivity contribution is 0.0858. The molecule has 0 saturated carbocycles. The quantitative estimate of drug-likeness (QED) is 0.526. The zero-order valence-electron chi connectivity index (χ0n) is 18.4. The van der Waals surface area contributed by atoms with E-state index in [1.54, 1.807) is 48.5 Å². The molecule has 0 spiro atoms. The van der Waals surface area contributed by atoms with Gasteiger partial charge in [-0.2, -0.15) is 0 Å². The summed E-state index contributed by atoms with van der Waals surface area (Å²) in [5.41, 5.74) is 1.41. The Labute approximate surface area is 193 Å². The van der Waals surface area contributed by atoms with Crippen LogP contribution in [0.1, 0.15) is 47.4 Å². The molecule has 0 aliphatic carbocycles. The second-order valence-corrected chi connectivity index (χ2v) is 8.44. The summed E-state index contributed by atoms with van der Waals surface area (Å²) in [6, 6.07) is 13.9. The minimum absolute atomic E-state index is 0.0570. The zero-order valence-corrected chi connectivity index (χ0v) is 19.2. The molecule has 1 fully saturated rings. The summed E-state index contributed by atoms with van der Waals surface area (Å²) >= 11 is 5.29. The van der Waals surface area contributed by atoms with Gasteiger partial charge < -0.3 is 20.1 Å². The molecule has 170 valence electrons. The summed E-state index contributed by atoms with van der Waals surface area (Å²) in [6.45, 7) is 5.95. The number of carbonyl (C=O) groups is 2. The van der Waals surface area contributed by atoms with Gasteiger partial charge in [0.1, 0.15) is 5.75 Å². The van der Waals surface area contributed by atoms with E-state index in [2.05, 4.69) is 29.8 Å². The van der Waals surface area contributed by atoms with Crippen molar-refractivity contribution in [2.75, 3.05) is 25.1 Å². The van der Waals surface area contributed by atoms with Crippen molar-refractivity contribution in [3.05, 3.63) is 59.7 Å². The summed E-state index contributed by atoms with van der Waals surface area (Å²) < 4.78 is 11.2.